The fourth-order valence-electron chi connectivity index (χ4n) is 1.39. The predicted molar refractivity (Wildman–Crippen MR) is 73.8 cm³/mol. The van der Waals surface area contributed by atoms with Crippen molar-refractivity contribution in [3.63, 3.8) is 0 Å². The highest BCUT2D eigenvalue weighted by Crippen LogP contribution is 2.30. The number of carbonyl (C=O) groups is 1. The molecule has 0 aromatic carbocycles. The van der Waals surface area contributed by atoms with Crippen LogP contribution >= 0.6 is 22.9 Å². The van der Waals surface area contributed by atoms with Gasteiger partial charge in [-0.15, -0.1) is 11.3 Å². The zero-order valence-electron chi connectivity index (χ0n) is 10.2. The van der Waals surface area contributed by atoms with Gasteiger partial charge in [0.1, 0.15) is 9.97 Å². The van der Waals surface area contributed by atoms with Gasteiger partial charge >= 0.3 is 5.97 Å². The molecule has 0 unspecified atom stereocenters. The van der Waals surface area contributed by atoms with Crippen LogP contribution in [0.2, 0.25) is 4.34 Å². The molecule has 0 saturated heterocycles. The van der Waals surface area contributed by atoms with E-state index >= 15 is 0 Å². The number of carboxylic acid groups (broad SMARTS) is 1. The molecule has 0 saturated carbocycles. The molecule has 108 valence electrons. The van der Waals surface area contributed by atoms with Crippen LogP contribution in [-0.2, 0) is 16.6 Å². The molecule has 2 rings (SSSR count). The summed E-state index contributed by atoms with van der Waals surface area (Å²) < 4.78 is 31.8. The molecule has 0 amide bonds. The van der Waals surface area contributed by atoms with Gasteiger partial charge in [-0.2, -0.15) is 0 Å². The van der Waals surface area contributed by atoms with E-state index in [9.17, 15) is 13.2 Å². The molecule has 2 heterocycles. The molecule has 0 radical (unpaired) electrons. The van der Waals surface area contributed by atoms with Gasteiger partial charge < -0.3 is 9.52 Å². The number of sulfonamides is 1. The number of hydrogen-bond donors (Lipinski definition) is 2. The summed E-state index contributed by atoms with van der Waals surface area (Å²) in [6.45, 7) is 1.58. The van der Waals surface area contributed by atoms with Crippen LogP contribution in [0.15, 0.2) is 26.8 Å². The first-order chi connectivity index (χ1) is 9.29. The number of halogens is 1. The van der Waals surface area contributed by atoms with E-state index in [4.69, 9.17) is 21.1 Å². The Labute approximate surface area is 124 Å². The van der Waals surface area contributed by atoms with Crippen molar-refractivity contribution < 1.29 is 22.7 Å². The van der Waals surface area contributed by atoms with Gasteiger partial charge in [-0.05, 0) is 30.7 Å². The van der Waals surface area contributed by atoms with Gasteiger partial charge in [0.05, 0.1) is 10.9 Å². The third-order valence-electron chi connectivity index (χ3n) is 2.41. The Morgan fingerprint density at radius 2 is 2.20 bits per heavy atom. The topological polar surface area (TPSA) is 96.6 Å². The van der Waals surface area contributed by atoms with Crippen LogP contribution in [0.1, 0.15) is 21.9 Å². The van der Waals surface area contributed by atoms with Crippen molar-refractivity contribution >= 4 is 38.9 Å². The standard InChI is InChI=1S/C11H10ClNO5S2/c1-6-4-9(19-10(6)12)20(16,17)13-5-7-2-3-8(18-7)11(14)15/h2-4,13H,5H2,1H3,(H,14,15). The minimum absolute atomic E-state index is 0.102. The molecular weight excluding hydrogens is 326 g/mol. The highest BCUT2D eigenvalue weighted by Gasteiger charge is 2.19. The molecular formula is C11H10ClNO5S2. The molecule has 2 aromatic heterocycles. The molecule has 0 spiro atoms. The second kappa shape index (κ2) is 5.57. The Hall–Kier alpha value is -1.35. The Balaban J connectivity index is 2.10. The predicted octanol–water partition coefficient (Wildman–Crippen LogP) is 2.48. The molecule has 20 heavy (non-hydrogen) atoms. The highest BCUT2D eigenvalue weighted by atomic mass is 35.5. The summed E-state index contributed by atoms with van der Waals surface area (Å²) >= 11 is 6.79. The van der Waals surface area contributed by atoms with Gasteiger partial charge in [-0.3, -0.25) is 0 Å². The average Bonchev–Trinajstić information content (AvgIpc) is 2.95. The lowest BCUT2D eigenvalue weighted by atomic mass is 10.4. The third-order valence-corrected chi connectivity index (χ3v) is 5.84. The molecule has 0 fully saturated rings. The van der Waals surface area contributed by atoms with Gasteiger partial charge in [-0.1, -0.05) is 11.6 Å². The summed E-state index contributed by atoms with van der Waals surface area (Å²) in [5.41, 5.74) is 0.684. The Morgan fingerprint density at radius 3 is 2.70 bits per heavy atom. The van der Waals surface area contributed by atoms with Crippen LogP contribution in [0.5, 0.6) is 0 Å². The fraction of sp³-hybridized carbons (Fsp3) is 0.182. The molecule has 0 bridgehead atoms. The first-order valence-corrected chi connectivity index (χ1v) is 8.05. The first-order valence-electron chi connectivity index (χ1n) is 5.37. The molecule has 2 N–H and O–H groups in total. The lowest BCUT2D eigenvalue weighted by Gasteiger charge is -2.02. The van der Waals surface area contributed by atoms with E-state index < -0.39 is 16.0 Å². The normalized spacial score (nSPS) is 11.7. The average molecular weight is 336 g/mol. The van der Waals surface area contributed by atoms with Crippen molar-refractivity contribution in [2.75, 3.05) is 0 Å². The van der Waals surface area contributed by atoms with Gasteiger partial charge in [-0.25, -0.2) is 17.9 Å². The van der Waals surface area contributed by atoms with E-state index in [-0.39, 0.29) is 22.3 Å². The summed E-state index contributed by atoms with van der Waals surface area (Å²) in [7, 11) is -3.69. The molecule has 0 aliphatic heterocycles. The number of aromatic carboxylic acids is 1. The van der Waals surface area contributed by atoms with E-state index in [1.807, 2.05) is 0 Å². The highest BCUT2D eigenvalue weighted by molar-refractivity contribution is 7.91. The fourth-order valence-corrected chi connectivity index (χ4v) is 4.13. The molecule has 9 heteroatoms. The maximum Gasteiger partial charge on any atom is 0.371 e. The quantitative estimate of drug-likeness (QED) is 0.875. The zero-order chi connectivity index (χ0) is 14.9. The van der Waals surface area contributed by atoms with E-state index in [0.717, 1.165) is 11.3 Å². The van der Waals surface area contributed by atoms with Crippen molar-refractivity contribution in [3.05, 3.63) is 39.6 Å². The van der Waals surface area contributed by atoms with Crippen LogP contribution in [0.25, 0.3) is 0 Å². The van der Waals surface area contributed by atoms with Gasteiger partial charge in [0.25, 0.3) is 10.0 Å². The second-order valence-electron chi connectivity index (χ2n) is 3.92. The number of hydrogen-bond acceptors (Lipinski definition) is 5. The zero-order valence-corrected chi connectivity index (χ0v) is 12.6. The van der Waals surface area contributed by atoms with E-state index in [0.29, 0.717) is 9.90 Å². The van der Waals surface area contributed by atoms with Crippen LogP contribution < -0.4 is 4.72 Å². The number of rotatable bonds is 5. The van der Waals surface area contributed by atoms with Gasteiger partial charge in [0, 0.05) is 0 Å². The summed E-state index contributed by atoms with van der Waals surface area (Å²) in [4.78, 5) is 10.6. The molecule has 2 aromatic rings. The van der Waals surface area contributed by atoms with Crippen LogP contribution in [0.3, 0.4) is 0 Å². The van der Waals surface area contributed by atoms with Crippen molar-refractivity contribution in [3.8, 4) is 0 Å². The smallest absolute Gasteiger partial charge is 0.371 e. The summed E-state index contributed by atoms with van der Waals surface area (Å²) in [5, 5.41) is 8.69. The summed E-state index contributed by atoms with van der Waals surface area (Å²) in [5.74, 6) is -1.24. The minimum Gasteiger partial charge on any atom is -0.475 e. The largest absolute Gasteiger partial charge is 0.475 e. The lowest BCUT2D eigenvalue weighted by molar-refractivity contribution is 0.0660. The molecule has 6 nitrogen and oxygen atoms in total. The number of nitrogens with one attached hydrogen (secondary N) is 1. The maximum atomic E-state index is 12.0. The van der Waals surface area contributed by atoms with Crippen LogP contribution in [-0.4, -0.2) is 19.5 Å². The molecule has 0 atom stereocenters. The number of aryl methyl sites for hydroxylation is 1. The third kappa shape index (κ3) is 3.21. The monoisotopic (exact) mass is 335 g/mol. The van der Waals surface area contributed by atoms with Crippen LogP contribution in [0.4, 0.5) is 0 Å². The van der Waals surface area contributed by atoms with Crippen molar-refractivity contribution in [1.82, 2.24) is 4.72 Å². The van der Waals surface area contributed by atoms with E-state index in [2.05, 4.69) is 4.72 Å². The van der Waals surface area contributed by atoms with Crippen molar-refractivity contribution in [2.24, 2.45) is 0 Å². The Kier molecular flexibility index (Phi) is 4.19. The minimum atomic E-state index is -3.69. The Morgan fingerprint density at radius 1 is 1.50 bits per heavy atom. The molecule has 0 aliphatic carbocycles. The summed E-state index contributed by atoms with van der Waals surface area (Å²) in [6, 6.07) is 4.14. The maximum absolute atomic E-state index is 12.0. The second-order valence-corrected chi connectivity index (χ2v) is 7.57. The lowest BCUT2D eigenvalue weighted by Crippen LogP contribution is -2.22. The van der Waals surface area contributed by atoms with Crippen molar-refractivity contribution in [2.45, 2.75) is 17.7 Å². The number of carboxylic acids is 1. The van der Waals surface area contributed by atoms with Gasteiger partial charge in [0.2, 0.25) is 5.76 Å². The van der Waals surface area contributed by atoms with Crippen LogP contribution in [0, 0.1) is 6.92 Å². The molecule has 0 aliphatic rings. The SMILES string of the molecule is Cc1cc(S(=O)(=O)NCc2ccc(C(=O)O)o2)sc1Cl. The van der Waals surface area contributed by atoms with Crippen molar-refractivity contribution in [1.29, 1.82) is 0 Å². The van der Waals surface area contributed by atoms with E-state index in [1.54, 1.807) is 6.92 Å². The number of furan rings is 1. The van der Waals surface area contributed by atoms with E-state index in [1.165, 1.54) is 18.2 Å². The number of thiophene rings is 1. The summed E-state index contributed by atoms with van der Waals surface area (Å²) in [6.07, 6.45) is 0. The van der Waals surface area contributed by atoms with Gasteiger partial charge in [0.15, 0.2) is 0 Å². The Bertz CT molecular complexity index is 727. The first kappa shape index (κ1) is 15.0.